The van der Waals surface area contributed by atoms with Gasteiger partial charge in [0, 0.05) is 31.8 Å². The van der Waals surface area contributed by atoms with E-state index in [0.29, 0.717) is 10.2 Å². The van der Waals surface area contributed by atoms with Crippen molar-refractivity contribution in [2.45, 2.75) is 26.2 Å². The van der Waals surface area contributed by atoms with Crippen LogP contribution in [-0.2, 0) is 25.7 Å². The van der Waals surface area contributed by atoms with Crippen molar-refractivity contribution in [3.05, 3.63) is 70.1 Å². The Hall–Kier alpha value is -2.87. The molecule has 28 heavy (non-hydrogen) atoms. The van der Waals surface area contributed by atoms with Gasteiger partial charge in [0.1, 0.15) is 6.61 Å². The van der Waals surface area contributed by atoms with E-state index in [1.165, 1.54) is 19.9 Å². The van der Waals surface area contributed by atoms with Crippen molar-refractivity contribution in [1.29, 1.82) is 0 Å². The highest BCUT2D eigenvalue weighted by molar-refractivity contribution is 9.10. The Labute approximate surface area is 169 Å². The van der Waals surface area contributed by atoms with Crippen molar-refractivity contribution < 1.29 is 28.2 Å². The second kappa shape index (κ2) is 8.02. The lowest BCUT2D eigenvalue weighted by Crippen LogP contribution is -2.42. The first-order valence-electron chi connectivity index (χ1n) is 8.34. The molecule has 3 rings (SSSR count). The average Bonchev–Trinajstić information content (AvgIpc) is 2.60. The van der Waals surface area contributed by atoms with Gasteiger partial charge in [-0.15, -0.1) is 0 Å². The topological polar surface area (TPSA) is 73.9 Å². The number of carbonyl (C=O) groups excluding carboxylic acids is 2. The van der Waals surface area contributed by atoms with Gasteiger partial charge in [0.15, 0.2) is 17.1 Å². The highest BCUT2D eigenvalue weighted by atomic mass is 79.9. The molecule has 0 saturated carbocycles. The largest absolute Gasteiger partial charge is 0.485 e. The monoisotopic (exact) mass is 449 g/mol. The third kappa shape index (κ3) is 4.69. The highest BCUT2D eigenvalue weighted by Gasteiger charge is 2.38. The SMILES string of the molecule is CC1(C)OC(=O)C(=CNc2cc(F)c(OCc3ccccc3)c(Br)c2)C(=O)O1. The molecule has 2 aromatic rings. The van der Waals surface area contributed by atoms with Crippen LogP contribution >= 0.6 is 15.9 Å². The predicted octanol–water partition coefficient (Wildman–Crippen LogP) is 4.30. The zero-order valence-corrected chi connectivity index (χ0v) is 16.7. The zero-order valence-electron chi connectivity index (χ0n) is 15.1. The number of cyclic esters (lactones) is 2. The van der Waals surface area contributed by atoms with Gasteiger partial charge in [0.2, 0.25) is 0 Å². The van der Waals surface area contributed by atoms with Crippen molar-refractivity contribution in [3.8, 4) is 5.75 Å². The van der Waals surface area contributed by atoms with Crippen LogP contribution in [0.5, 0.6) is 5.75 Å². The van der Waals surface area contributed by atoms with Gasteiger partial charge in [0.05, 0.1) is 4.47 Å². The van der Waals surface area contributed by atoms with E-state index in [1.807, 2.05) is 30.3 Å². The van der Waals surface area contributed by atoms with Crippen LogP contribution in [0.4, 0.5) is 10.1 Å². The summed E-state index contributed by atoms with van der Waals surface area (Å²) in [6.45, 7) is 3.11. The predicted molar refractivity (Wildman–Crippen MR) is 103 cm³/mol. The molecule has 1 saturated heterocycles. The van der Waals surface area contributed by atoms with E-state index in [4.69, 9.17) is 14.2 Å². The van der Waals surface area contributed by atoms with E-state index in [2.05, 4.69) is 21.2 Å². The number of esters is 2. The molecular weight excluding hydrogens is 433 g/mol. The van der Waals surface area contributed by atoms with E-state index in [9.17, 15) is 14.0 Å². The third-order valence-corrected chi connectivity index (χ3v) is 4.31. The van der Waals surface area contributed by atoms with Gasteiger partial charge in [-0.25, -0.2) is 14.0 Å². The number of nitrogens with one attached hydrogen (secondary N) is 1. The normalized spacial score (nSPS) is 15.5. The van der Waals surface area contributed by atoms with Crippen molar-refractivity contribution in [2.75, 3.05) is 5.32 Å². The van der Waals surface area contributed by atoms with Crippen LogP contribution in [0.3, 0.4) is 0 Å². The second-order valence-electron chi connectivity index (χ2n) is 6.42. The molecule has 0 aromatic heterocycles. The lowest BCUT2D eigenvalue weighted by molar-refractivity contribution is -0.222. The second-order valence-corrected chi connectivity index (χ2v) is 7.28. The van der Waals surface area contributed by atoms with Gasteiger partial charge in [-0.2, -0.15) is 0 Å². The van der Waals surface area contributed by atoms with Crippen LogP contribution < -0.4 is 10.1 Å². The third-order valence-electron chi connectivity index (χ3n) is 3.72. The molecule has 0 atom stereocenters. The van der Waals surface area contributed by atoms with Crippen LogP contribution in [0.1, 0.15) is 19.4 Å². The van der Waals surface area contributed by atoms with Crippen LogP contribution in [-0.4, -0.2) is 17.7 Å². The Morgan fingerprint density at radius 2 is 1.79 bits per heavy atom. The van der Waals surface area contributed by atoms with Gasteiger partial charge < -0.3 is 19.5 Å². The molecule has 0 radical (unpaired) electrons. The number of benzene rings is 2. The molecule has 1 aliphatic heterocycles. The van der Waals surface area contributed by atoms with Crippen LogP contribution in [0.2, 0.25) is 0 Å². The summed E-state index contributed by atoms with van der Waals surface area (Å²) >= 11 is 3.27. The molecule has 1 aliphatic rings. The van der Waals surface area contributed by atoms with Gasteiger partial charge in [-0.3, -0.25) is 0 Å². The highest BCUT2D eigenvalue weighted by Crippen LogP contribution is 2.32. The minimum Gasteiger partial charge on any atom is -0.485 e. The summed E-state index contributed by atoms with van der Waals surface area (Å²) < 4.78 is 30.3. The van der Waals surface area contributed by atoms with Crippen molar-refractivity contribution >= 4 is 33.6 Å². The van der Waals surface area contributed by atoms with Gasteiger partial charge in [-0.1, -0.05) is 30.3 Å². The van der Waals surface area contributed by atoms with Gasteiger partial charge in [0.25, 0.3) is 5.79 Å². The molecule has 8 heteroatoms. The number of rotatable bonds is 5. The number of carbonyl (C=O) groups is 2. The maximum absolute atomic E-state index is 14.4. The molecule has 0 bridgehead atoms. The number of anilines is 1. The molecule has 1 N–H and O–H groups in total. The first-order chi connectivity index (χ1) is 13.2. The van der Waals surface area contributed by atoms with E-state index >= 15 is 0 Å². The Bertz CT molecular complexity index is 898. The summed E-state index contributed by atoms with van der Waals surface area (Å²) in [5, 5.41) is 2.70. The van der Waals surface area contributed by atoms with E-state index in [-0.39, 0.29) is 17.9 Å². The van der Waals surface area contributed by atoms with Gasteiger partial charge in [-0.05, 0) is 27.6 Å². The molecule has 0 amide bonds. The lowest BCUT2D eigenvalue weighted by Gasteiger charge is -2.29. The summed E-state index contributed by atoms with van der Waals surface area (Å²) in [5.41, 5.74) is 0.882. The number of hydrogen-bond acceptors (Lipinski definition) is 6. The zero-order chi connectivity index (χ0) is 20.3. The number of ether oxygens (including phenoxy) is 3. The molecule has 0 aliphatic carbocycles. The summed E-state index contributed by atoms with van der Waals surface area (Å²) in [4.78, 5) is 23.8. The van der Waals surface area contributed by atoms with Crippen LogP contribution in [0.15, 0.2) is 58.7 Å². The van der Waals surface area contributed by atoms with Crippen molar-refractivity contribution in [1.82, 2.24) is 0 Å². The smallest absolute Gasteiger partial charge is 0.350 e. The van der Waals surface area contributed by atoms with Crippen molar-refractivity contribution in [2.24, 2.45) is 0 Å². The van der Waals surface area contributed by atoms with Crippen molar-refractivity contribution in [3.63, 3.8) is 0 Å². The Balaban J connectivity index is 1.72. The minimum absolute atomic E-state index is 0.0558. The fraction of sp³-hybridized carbons (Fsp3) is 0.200. The molecule has 0 spiro atoms. The van der Waals surface area contributed by atoms with E-state index in [0.717, 1.165) is 11.8 Å². The molecule has 146 valence electrons. The van der Waals surface area contributed by atoms with E-state index in [1.54, 1.807) is 6.07 Å². The summed E-state index contributed by atoms with van der Waals surface area (Å²) in [6, 6.07) is 12.1. The number of hydrogen-bond donors (Lipinski definition) is 1. The fourth-order valence-corrected chi connectivity index (χ4v) is 3.00. The number of halogens is 2. The van der Waals surface area contributed by atoms with E-state index < -0.39 is 23.5 Å². The first-order valence-corrected chi connectivity index (χ1v) is 9.13. The minimum atomic E-state index is -1.32. The maximum atomic E-state index is 14.4. The van der Waals surface area contributed by atoms with Crippen LogP contribution in [0.25, 0.3) is 0 Å². The summed E-state index contributed by atoms with van der Waals surface area (Å²) in [6.07, 6.45) is 1.12. The average molecular weight is 450 g/mol. The molecule has 6 nitrogen and oxygen atoms in total. The summed E-state index contributed by atoms with van der Waals surface area (Å²) in [5.74, 6) is -3.52. The van der Waals surface area contributed by atoms with Gasteiger partial charge >= 0.3 is 11.9 Å². The first kappa shape index (κ1) is 19.9. The molecule has 2 aromatic carbocycles. The molecule has 1 fully saturated rings. The molecule has 0 unspecified atom stereocenters. The molecule has 1 heterocycles. The Kier molecular flexibility index (Phi) is 5.69. The Morgan fingerprint density at radius 3 is 2.39 bits per heavy atom. The standard InChI is InChI=1S/C20H17BrFNO5/c1-20(2)27-18(24)14(19(25)28-20)10-23-13-8-15(21)17(16(22)9-13)26-11-12-6-4-3-5-7-12/h3-10,23H,11H2,1-2H3. The quantitative estimate of drug-likeness (QED) is 0.416. The summed E-state index contributed by atoms with van der Waals surface area (Å²) in [7, 11) is 0. The molecular formula is C20H17BrFNO5. The Morgan fingerprint density at radius 1 is 1.14 bits per heavy atom. The fourth-order valence-electron chi connectivity index (χ4n) is 2.44. The lowest BCUT2D eigenvalue weighted by atomic mass is 10.2. The maximum Gasteiger partial charge on any atom is 0.350 e. The van der Waals surface area contributed by atoms with Crippen LogP contribution in [0, 0.1) is 5.82 Å².